The average molecular weight is 722 g/mol. The molecule has 4 heteroatoms. The number of rotatable bonds is 2. The summed E-state index contributed by atoms with van der Waals surface area (Å²) in [4.78, 5) is 12.8. The number of fused-ring (bicyclic) bond motifs is 4. The number of hydrogen-bond donors (Lipinski definition) is 1. The van der Waals surface area contributed by atoms with E-state index < -0.39 is 0 Å². The van der Waals surface area contributed by atoms with Crippen LogP contribution in [-0.4, -0.2) is 15.1 Å². The number of aromatic hydroxyl groups is 1. The third-order valence-corrected chi connectivity index (χ3v) is 12.2. The van der Waals surface area contributed by atoms with E-state index in [9.17, 15) is 5.11 Å². The van der Waals surface area contributed by atoms with Gasteiger partial charge in [0.05, 0.1) is 17.1 Å². The molecule has 1 aliphatic rings. The van der Waals surface area contributed by atoms with Gasteiger partial charge < -0.3 is 5.11 Å². The van der Waals surface area contributed by atoms with Crippen LogP contribution in [0.15, 0.2) is 103 Å². The van der Waals surface area contributed by atoms with Crippen LogP contribution in [0.1, 0.15) is 104 Å². The van der Waals surface area contributed by atoms with Crippen LogP contribution < -0.4 is 4.90 Å². The van der Waals surface area contributed by atoms with Crippen molar-refractivity contribution in [1.82, 2.24) is 9.97 Å². The molecule has 0 aliphatic carbocycles. The van der Waals surface area contributed by atoms with Gasteiger partial charge in [0.25, 0.3) is 0 Å². The van der Waals surface area contributed by atoms with Crippen molar-refractivity contribution in [2.24, 2.45) is 0 Å². The van der Waals surface area contributed by atoms with Crippen LogP contribution in [0.3, 0.4) is 0 Å². The highest BCUT2D eigenvalue weighted by molar-refractivity contribution is 6.33. The predicted octanol–water partition coefficient (Wildman–Crippen LogP) is 13.9. The lowest BCUT2D eigenvalue weighted by Gasteiger charge is -2.42. The molecule has 9 rings (SSSR count). The first kappa shape index (κ1) is 35.2. The molecule has 1 N–H and O–H groups in total. The number of phenolic OH excluding ortho intramolecular Hbond substituents is 1. The third-order valence-electron chi connectivity index (χ3n) is 12.2. The quantitative estimate of drug-likeness (QED) is 0.143. The Morgan fingerprint density at radius 2 is 1.27 bits per heavy atom. The highest BCUT2D eigenvalue weighted by Crippen LogP contribution is 2.53. The Balaban J connectivity index is 1.38. The van der Waals surface area contributed by atoms with Crippen molar-refractivity contribution in [3.63, 3.8) is 0 Å². The maximum atomic E-state index is 12.2. The zero-order chi connectivity index (χ0) is 39.0. The third kappa shape index (κ3) is 5.32. The van der Waals surface area contributed by atoms with Gasteiger partial charge in [-0.15, -0.1) is 0 Å². The lowest BCUT2D eigenvalue weighted by Crippen LogP contribution is -2.31. The fourth-order valence-electron chi connectivity index (χ4n) is 8.97. The molecule has 0 bridgehead atoms. The van der Waals surface area contributed by atoms with Gasteiger partial charge in [0.15, 0.2) is 0 Å². The SMILES string of the molecule is CC(C)(C)c1ccnc(N2c3ccccc3C(C)(C)c3ccc(-c4cc5c6cc(C(C)(C)C)cc7cccc(c8cc(C(C)(C)C)c(O)c(n4)c58)c76)cc32)c1. The second kappa shape index (κ2) is 11.5. The van der Waals surface area contributed by atoms with Crippen LogP contribution in [0.4, 0.5) is 17.2 Å². The first-order valence-electron chi connectivity index (χ1n) is 19.6. The van der Waals surface area contributed by atoms with Crippen molar-refractivity contribution in [2.75, 3.05) is 4.90 Å². The van der Waals surface area contributed by atoms with E-state index in [2.05, 4.69) is 178 Å². The first-order valence-corrected chi connectivity index (χ1v) is 19.6. The fraction of sp³-hybridized carbons (Fsp3) is 0.294. The zero-order valence-corrected chi connectivity index (χ0v) is 34.1. The molecule has 0 saturated carbocycles. The van der Waals surface area contributed by atoms with Gasteiger partial charge in [0.1, 0.15) is 17.1 Å². The van der Waals surface area contributed by atoms with Crippen molar-refractivity contribution < 1.29 is 5.11 Å². The highest BCUT2D eigenvalue weighted by atomic mass is 16.3. The molecule has 0 spiro atoms. The van der Waals surface area contributed by atoms with Gasteiger partial charge in [-0.1, -0.05) is 131 Å². The summed E-state index contributed by atoms with van der Waals surface area (Å²) in [5.41, 5.74) is 9.99. The molecule has 1 aliphatic heterocycles. The van der Waals surface area contributed by atoms with Crippen molar-refractivity contribution >= 4 is 60.4 Å². The summed E-state index contributed by atoms with van der Waals surface area (Å²) >= 11 is 0. The number of hydrogen-bond acceptors (Lipinski definition) is 4. The molecular formula is C51H51N3O. The second-order valence-corrected chi connectivity index (χ2v) is 19.4. The number of pyridine rings is 2. The molecule has 0 amide bonds. The maximum Gasteiger partial charge on any atom is 0.145 e. The molecule has 55 heavy (non-hydrogen) atoms. The van der Waals surface area contributed by atoms with E-state index in [0.717, 1.165) is 50.2 Å². The number of benzene rings is 6. The summed E-state index contributed by atoms with van der Waals surface area (Å²) in [6.45, 7) is 24.7. The zero-order valence-electron chi connectivity index (χ0n) is 34.1. The van der Waals surface area contributed by atoms with Gasteiger partial charge in [-0.3, -0.25) is 4.90 Å². The summed E-state index contributed by atoms with van der Waals surface area (Å²) < 4.78 is 0. The van der Waals surface area contributed by atoms with Crippen molar-refractivity contribution in [2.45, 2.75) is 97.8 Å². The van der Waals surface area contributed by atoms with Crippen LogP contribution in [0, 0.1) is 0 Å². The Labute approximate surface area is 325 Å². The number of para-hydroxylation sites is 1. The minimum absolute atomic E-state index is 0.0333. The van der Waals surface area contributed by atoms with Crippen molar-refractivity contribution in [3.8, 4) is 17.0 Å². The van der Waals surface area contributed by atoms with E-state index in [1.54, 1.807) is 0 Å². The molecule has 2 aromatic heterocycles. The Morgan fingerprint density at radius 3 is 2.00 bits per heavy atom. The summed E-state index contributed by atoms with van der Waals surface area (Å²) in [7, 11) is 0. The molecule has 0 fully saturated rings. The Hall–Kier alpha value is -5.48. The van der Waals surface area contributed by atoms with E-state index in [0.29, 0.717) is 5.52 Å². The summed E-state index contributed by atoms with van der Waals surface area (Å²) in [5.74, 6) is 1.15. The lowest BCUT2D eigenvalue weighted by atomic mass is 9.73. The van der Waals surface area contributed by atoms with Crippen LogP contribution in [-0.2, 0) is 21.7 Å². The predicted molar refractivity (Wildman–Crippen MR) is 233 cm³/mol. The first-order chi connectivity index (χ1) is 25.8. The second-order valence-electron chi connectivity index (χ2n) is 19.4. The number of nitrogens with zero attached hydrogens (tertiary/aromatic N) is 3. The normalized spacial score (nSPS) is 14.6. The molecule has 0 radical (unpaired) electrons. The minimum atomic E-state index is -0.295. The van der Waals surface area contributed by atoms with Gasteiger partial charge in [-0.25, -0.2) is 9.97 Å². The highest BCUT2D eigenvalue weighted by Gasteiger charge is 2.38. The summed E-state index contributed by atoms with van der Waals surface area (Å²) in [6.07, 6.45) is 1.94. The van der Waals surface area contributed by atoms with E-state index in [1.165, 1.54) is 43.8 Å². The monoisotopic (exact) mass is 721 g/mol. The number of aromatic nitrogens is 2. The molecule has 6 aromatic carbocycles. The summed E-state index contributed by atoms with van der Waals surface area (Å²) in [6, 6.07) is 35.8. The molecule has 3 heterocycles. The molecule has 0 atom stereocenters. The van der Waals surface area contributed by atoms with E-state index in [-0.39, 0.29) is 27.4 Å². The van der Waals surface area contributed by atoms with Crippen LogP contribution >= 0.6 is 0 Å². The molecule has 8 aromatic rings. The average Bonchev–Trinajstić information content (AvgIpc) is 3.13. The molecule has 276 valence electrons. The van der Waals surface area contributed by atoms with E-state index >= 15 is 0 Å². The van der Waals surface area contributed by atoms with Gasteiger partial charge in [0, 0.05) is 28.1 Å². The topological polar surface area (TPSA) is 49.2 Å². The number of anilines is 3. The molecular weight excluding hydrogens is 671 g/mol. The van der Waals surface area contributed by atoms with Gasteiger partial charge in [-0.05, 0) is 113 Å². The fourth-order valence-corrected chi connectivity index (χ4v) is 8.97. The van der Waals surface area contributed by atoms with Gasteiger partial charge in [-0.2, -0.15) is 0 Å². The Bertz CT molecular complexity index is 2860. The minimum Gasteiger partial charge on any atom is -0.505 e. The van der Waals surface area contributed by atoms with E-state index in [4.69, 9.17) is 9.97 Å². The largest absolute Gasteiger partial charge is 0.505 e. The lowest BCUT2D eigenvalue weighted by molar-refractivity contribution is 0.452. The number of phenols is 1. The van der Waals surface area contributed by atoms with Gasteiger partial charge >= 0.3 is 0 Å². The Morgan fingerprint density at radius 1 is 0.582 bits per heavy atom. The van der Waals surface area contributed by atoms with Crippen molar-refractivity contribution in [3.05, 3.63) is 131 Å². The van der Waals surface area contributed by atoms with Crippen LogP contribution in [0.2, 0.25) is 0 Å². The summed E-state index contributed by atoms with van der Waals surface area (Å²) in [5, 5.41) is 20.4. The van der Waals surface area contributed by atoms with E-state index in [1.807, 2.05) is 6.20 Å². The molecule has 4 nitrogen and oxygen atoms in total. The van der Waals surface area contributed by atoms with Crippen LogP contribution in [0.25, 0.3) is 54.5 Å². The van der Waals surface area contributed by atoms with Crippen molar-refractivity contribution in [1.29, 1.82) is 0 Å². The molecule has 0 unspecified atom stereocenters. The van der Waals surface area contributed by atoms with Gasteiger partial charge in [0.2, 0.25) is 0 Å². The maximum absolute atomic E-state index is 12.2. The Kier molecular flexibility index (Phi) is 7.38. The van der Waals surface area contributed by atoms with Crippen LogP contribution in [0.5, 0.6) is 5.75 Å². The smallest absolute Gasteiger partial charge is 0.145 e. The molecule has 0 saturated heterocycles. The standard InChI is InChI=1S/C51H51N3O/c1-48(2,3)31-21-22-52-43(26-31)54-41-18-13-12-17-37(41)51(10,11)38-20-19-29(24-42(38)54)40-28-36-34-25-32(49(4,5)6)23-30-15-14-16-33(44(30)34)35-27-39(50(7,8)9)47(55)46(53-40)45(35)36/h12-28,55H,1-11H3.